The molecule has 0 saturated carbocycles. The van der Waals surface area contributed by atoms with E-state index in [2.05, 4.69) is 25.7 Å². The molecule has 0 radical (unpaired) electrons. The van der Waals surface area contributed by atoms with E-state index in [0.717, 1.165) is 29.4 Å². The fraction of sp³-hybridized carbons (Fsp3) is 0.478. The normalized spacial score (nSPS) is 22.4. The van der Waals surface area contributed by atoms with Gasteiger partial charge in [-0.1, -0.05) is 12.1 Å². The Bertz CT molecular complexity index is 1180. The number of alkyl halides is 3. The first-order chi connectivity index (χ1) is 16.2. The van der Waals surface area contributed by atoms with E-state index >= 15 is 0 Å². The van der Waals surface area contributed by atoms with Gasteiger partial charge in [0.2, 0.25) is 5.95 Å². The van der Waals surface area contributed by atoms with Crippen molar-refractivity contribution in [2.75, 3.05) is 11.9 Å². The Kier molecular flexibility index (Phi) is 5.88. The number of piperidine rings is 1. The third-order valence-corrected chi connectivity index (χ3v) is 6.65. The number of rotatable bonds is 5. The Morgan fingerprint density at radius 2 is 1.91 bits per heavy atom. The van der Waals surface area contributed by atoms with Crippen LogP contribution in [0.2, 0.25) is 0 Å². The van der Waals surface area contributed by atoms with Gasteiger partial charge in [0.05, 0.1) is 18.1 Å². The number of aromatic nitrogens is 4. The van der Waals surface area contributed by atoms with Crippen molar-refractivity contribution < 1.29 is 18.0 Å². The maximum Gasteiger partial charge on any atom is 0.390 e. The largest absolute Gasteiger partial charge is 0.390 e. The number of carbonyl (C=O) groups is 1. The van der Waals surface area contributed by atoms with Crippen LogP contribution in [0.4, 0.5) is 23.9 Å². The van der Waals surface area contributed by atoms with Gasteiger partial charge in [-0.25, -0.2) is 14.8 Å². The number of benzene rings is 1. The van der Waals surface area contributed by atoms with Crippen LogP contribution in [0.25, 0.3) is 22.0 Å². The van der Waals surface area contributed by atoms with Crippen LogP contribution in [0.1, 0.15) is 32.1 Å². The zero-order valence-corrected chi connectivity index (χ0v) is 18.7. The number of hydrogen-bond acceptors (Lipinski definition) is 5. The number of nitrogens with zero attached hydrogens (tertiary/aromatic N) is 5. The van der Waals surface area contributed by atoms with Crippen LogP contribution in [-0.2, 0) is 7.05 Å². The molecule has 2 fully saturated rings. The molecule has 2 aliphatic rings. The number of fused-ring (bicyclic) bond motifs is 3. The first-order valence-corrected chi connectivity index (χ1v) is 11.4. The number of nitrogens with one attached hydrogen (secondary N) is 2. The van der Waals surface area contributed by atoms with Gasteiger partial charge in [-0.15, -0.1) is 0 Å². The molecule has 2 aliphatic heterocycles. The summed E-state index contributed by atoms with van der Waals surface area (Å²) in [6, 6.07) is 5.58. The fourth-order valence-electron chi connectivity index (χ4n) is 5.09. The van der Waals surface area contributed by atoms with E-state index in [1.54, 1.807) is 17.1 Å². The van der Waals surface area contributed by atoms with Gasteiger partial charge in [-0.2, -0.15) is 18.3 Å². The van der Waals surface area contributed by atoms with Crippen molar-refractivity contribution in [3.8, 4) is 11.1 Å². The summed E-state index contributed by atoms with van der Waals surface area (Å²) in [6.07, 6.45) is 3.37. The molecule has 4 heterocycles. The molecule has 2 atom stereocenters. The number of urea groups is 1. The van der Waals surface area contributed by atoms with Gasteiger partial charge >= 0.3 is 12.2 Å². The first-order valence-electron chi connectivity index (χ1n) is 11.4. The summed E-state index contributed by atoms with van der Waals surface area (Å²) >= 11 is 0. The minimum absolute atomic E-state index is 0.000207. The van der Waals surface area contributed by atoms with Gasteiger partial charge in [-0.05, 0) is 37.3 Å². The van der Waals surface area contributed by atoms with Crippen molar-refractivity contribution in [2.45, 2.75) is 56.4 Å². The number of carbonyl (C=O) groups excluding carboxylic acids is 1. The molecule has 2 N–H and O–H groups in total. The molecular formula is C23H26F3N7O. The number of aryl methyl sites for hydroxylation is 1. The van der Waals surface area contributed by atoms with Crippen molar-refractivity contribution in [3.05, 3.63) is 36.8 Å². The lowest BCUT2D eigenvalue weighted by atomic mass is 9.97. The molecule has 2 bridgehead atoms. The maximum atomic E-state index is 13.1. The summed E-state index contributed by atoms with van der Waals surface area (Å²) in [5.74, 6) is 0.227. The molecular weight excluding hydrogens is 447 g/mol. The molecule has 2 unspecified atom stereocenters. The Morgan fingerprint density at radius 1 is 1.15 bits per heavy atom. The third kappa shape index (κ3) is 4.84. The van der Waals surface area contributed by atoms with Gasteiger partial charge in [0.25, 0.3) is 0 Å². The van der Waals surface area contributed by atoms with Gasteiger partial charge in [0, 0.05) is 55.1 Å². The molecule has 5 rings (SSSR count). The van der Waals surface area contributed by atoms with Gasteiger partial charge in [0.15, 0.2) is 0 Å². The van der Waals surface area contributed by atoms with Crippen molar-refractivity contribution in [1.82, 2.24) is 30.0 Å². The summed E-state index contributed by atoms with van der Waals surface area (Å²) < 4.78 is 39.1. The van der Waals surface area contributed by atoms with Crippen LogP contribution in [0.5, 0.6) is 0 Å². The van der Waals surface area contributed by atoms with E-state index in [0.29, 0.717) is 18.4 Å². The van der Waals surface area contributed by atoms with Gasteiger partial charge < -0.3 is 10.2 Å². The summed E-state index contributed by atoms with van der Waals surface area (Å²) in [5.41, 5.74) is 2.65. The molecule has 34 heavy (non-hydrogen) atoms. The molecule has 3 aromatic rings. The van der Waals surface area contributed by atoms with Crippen molar-refractivity contribution in [2.24, 2.45) is 7.05 Å². The highest BCUT2D eigenvalue weighted by atomic mass is 19.4. The molecule has 2 amide bonds. The SMILES string of the molecule is Cn1cc(-c2ccc3cnc(NC(=O)N4C5CCC4CC(NCCC(F)(F)F)C5)nc3c2)cn1. The number of amides is 2. The summed E-state index contributed by atoms with van der Waals surface area (Å²) in [7, 11) is 1.86. The Hall–Kier alpha value is -3.21. The van der Waals surface area contributed by atoms with Crippen molar-refractivity contribution >= 4 is 22.9 Å². The van der Waals surface area contributed by atoms with Crippen LogP contribution in [-0.4, -0.2) is 61.5 Å². The Balaban J connectivity index is 1.25. The first kappa shape index (κ1) is 22.6. The van der Waals surface area contributed by atoms with Crippen molar-refractivity contribution in [3.63, 3.8) is 0 Å². The molecule has 2 aromatic heterocycles. The van der Waals surface area contributed by atoms with Crippen LogP contribution in [0.3, 0.4) is 0 Å². The van der Waals surface area contributed by atoms with E-state index in [1.165, 1.54) is 0 Å². The smallest absolute Gasteiger partial charge is 0.318 e. The van der Waals surface area contributed by atoms with Crippen LogP contribution in [0, 0.1) is 0 Å². The van der Waals surface area contributed by atoms with Crippen LogP contribution in [0.15, 0.2) is 36.8 Å². The highest BCUT2D eigenvalue weighted by molar-refractivity contribution is 5.90. The highest BCUT2D eigenvalue weighted by Crippen LogP contribution is 2.36. The minimum atomic E-state index is -4.16. The second kappa shape index (κ2) is 8.86. The van der Waals surface area contributed by atoms with Crippen molar-refractivity contribution in [1.29, 1.82) is 0 Å². The van der Waals surface area contributed by atoms with E-state index in [4.69, 9.17) is 0 Å². The number of halogens is 3. The topological polar surface area (TPSA) is 88.0 Å². The average molecular weight is 474 g/mol. The van der Waals surface area contributed by atoms with E-state index < -0.39 is 12.6 Å². The quantitative estimate of drug-likeness (QED) is 0.583. The molecule has 1 aromatic carbocycles. The van der Waals surface area contributed by atoms with Crippen LogP contribution < -0.4 is 10.6 Å². The Labute approximate surface area is 194 Å². The minimum Gasteiger partial charge on any atom is -0.318 e. The zero-order valence-electron chi connectivity index (χ0n) is 18.7. The predicted molar refractivity (Wildman–Crippen MR) is 121 cm³/mol. The van der Waals surface area contributed by atoms with Gasteiger partial charge in [0.1, 0.15) is 0 Å². The molecule has 0 spiro atoms. The second-order valence-corrected chi connectivity index (χ2v) is 9.08. The highest BCUT2D eigenvalue weighted by Gasteiger charge is 2.43. The molecule has 2 saturated heterocycles. The maximum absolute atomic E-state index is 13.1. The lowest BCUT2D eigenvalue weighted by Crippen LogP contribution is -2.53. The fourth-order valence-corrected chi connectivity index (χ4v) is 5.09. The third-order valence-electron chi connectivity index (χ3n) is 6.65. The summed E-state index contributed by atoms with van der Waals surface area (Å²) in [4.78, 5) is 23.7. The summed E-state index contributed by atoms with van der Waals surface area (Å²) in [6.45, 7) is -0.0915. The molecule has 8 nitrogen and oxygen atoms in total. The van der Waals surface area contributed by atoms with E-state index in [-0.39, 0.29) is 36.6 Å². The monoisotopic (exact) mass is 473 g/mol. The van der Waals surface area contributed by atoms with Gasteiger partial charge in [-0.3, -0.25) is 10.00 Å². The Morgan fingerprint density at radius 3 is 2.59 bits per heavy atom. The van der Waals surface area contributed by atoms with E-state index in [9.17, 15) is 18.0 Å². The molecule has 0 aliphatic carbocycles. The zero-order chi connectivity index (χ0) is 23.9. The van der Waals surface area contributed by atoms with E-state index in [1.807, 2.05) is 36.3 Å². The lowest BCUT2D eigenvalue weighted by molar-refractivity contribution is -0.133. The standard InChI is InChI=1S/C23H26F3N7O/c1-32-13-16(12-29-32)14-2-3-15-11-28-21(30-20(15)8-14)31-22(34)33-18-4-5-19(33)10-17(9-18)27-7-6-23(24,25)26/h2-3,8,11-13,17-19,27H,4-7,9-10H2,1H3,(H,28,30,31,34). The number of anilines is 1. The molecule has 11 heteroatoms. The van der Waals surface area contributed by atoms with Crippen LogP contribution >= 0.6 is 0 Å². The number of hydrogen-bond donors (Lipinski definition) is 2. The lowest BCUT2D eigenvalue weighted by Gasteiger charge is -2.39. The average Bonchev–Trinajstić information content (AvgIpc) is 3.33. The summed E-state index contributed by atoms with van der Waals surface area (Å²) in [5, 5.41) is 10.9. The second-order valence-electron chi connectivity index (χ2n) is 9.08. The molecule has 180 valence electrons. The predicted octanol–water partition coefficient (Wildman–Crippen LogP) is 4.10.